The van der Waals surface area contributed by atoms with Gasteiger partial charge in [0.2, 0.25) is 5.79 Å². The zero-order chi connectivity index (χ0) is 14.2. The van der Waals surface area contributed by atoms with Crippen LogP contribution in [-0.2, 0) is 11.3 Å². The second-order valence-corrected chi connectivity index (χ2v) is 5.47. The highest BCUT2D eigenvalue weighted by Crippen LogP contribution is 2.44. The molecular weight excluding hydrogens is 258 g/mol. The number of anilines is 1. The van der Waals surface area contributed by atoms with E-state index in [0.29, 0.717) is 18.0 Å². The number of benzene rings is 1. The van der Waals surface area contributed by atoms with Crippen molar-refractivity contribution in [1.82, 2.24) is 0 Å². The molecular formula is C15H19NO4. The Kier molecular flexibility index (Phi) is 3.30. The van der Waals surface area contributed by atoms with E-state index in [-0.39, 0.29) is 0 Å². The summed E-state index contributed by atoms with van der Waals surface area (Å²) in [5, 5.41) is 9.18. The lowest BCUT2D eigenvalue weighted by Gasteiger charge is -2.41. The Morgan fingerprint density at radius 3 is 2.75 bits per heavy atom. The van der Waals surface area contributed by atoms with Gasteiger partial charge in [-0.1, -0.05) is 18.6 Å². The van der Waals surface area contributed by atoms with Crippen LogP contribution in [0.5, 0.6) is 5.75 Å². The predicted octanol–water partition coefficient (Wildman–Crippen LogP) is 3.37. The summed E-state index contributed by atoms with van der Waals surface area (Å²) in [6.07, 6.45) is 4.14. The highest BCUT2D eigenvalue weighted by atomic mass is 16.7. The standard InChI is InChI=1S/C15H19NO4/c1-16(14(17)18)12-7-5-6-11-10-19-15(20-13(11)12)8-3-2-4-9-15/h5-7H,2-4,8-10H2,1H3,(H,17,18). The van der Waals surface area contributed by atoms with Crippen LogP contribution in [-0.4, -0.2) is 24.0 Å². The Labute approximate surface area is 118 Å². The quantitative estimate of drug-likeness (QED) is 0.855. The van der Waals surface area contributed by atoms with Crippen molar-refractivity contribution in [1.29, 1.82) is 0 Å². The van der Waals surface area contributed by atoms with Gasteiger partial charge in [-0.15, -0.1) is 0 Å². The van der Waals surface area contributed by atoms with Gasteiger partial charge >= 0.3 is 6.09 Å². The molecule has 1 N–H and O–H groups in total. The Morgan fingerprint density at radius 1 is 1.30 bits per heavy atom. The Morgan fingerprint density at radius 2 is 2.05 bits per heavy atom. The molecule has 20 heavy (non-hydrogen) atoms. The fourth-order valence-corrected chi connectivity index (χ4v) is 2.93. The Hall–Kier alpha value is -1.75. The highest BCUT2D eigenvalue weighted by Gasteiger charge is 2.40. The smallest absolute Gasteiger partial charge is 0.411 e. The number of para-hydroxylation sites is 1. The largest absolute Gasteiger partial charge is 0.465 e. The normalized spacial score (nSPS) is 20.1. The third-order valence-electron chi connectivity index (χ3n) is 4.12. The molecule has 0 radical (unpaired) electrons. The third kappa shape index (κ3) is 2.22. The summed E-state index contributed by atoms with van der Waals surface area (Å²) in [6, 6.07) is 5.53. The number of ether oxygens (including phenoxy) is 2. The summed E-state index contributed by atoms with van der Waals surface area (Å²) in [5.41, 5.74) is 1.50. The van der Waals surface area contributed by atoms with Crippen molar-refractivity contribution in [2.24, 2.45) is 0 Å². The van der Waals surface area contributed by atoms with Gasteiger partial charge in [0, 0.05) is 25.5 Å². The first-order valence-corrected chi connectivity index (χ1v) is 7.03. The van der Waals surface area contributed by atoms with Gasteiger partial charge in [-0.2, -0.15) is 0 Å². The van der Waals surface area contributed by atoms with E-state index in [1.165, 1.54) is 18.4 Å². The van der Waals surface area contributed by atoms with Crippen molar-refractivity contribution >= 4 is 11.8 Å². The van der Waals surface area contributed by atoms with Crippen LogP contribution in [0.3, 0.4) is 0 Å². The molecule has 0 bridgehead atoms. The summed E-state index contributed by atoms with van der Waals surface area (Å²) >= 11 is 0. The molecule has 0 atom stereocenters. The van der Waals surface area contributed by atoms with Gasteiger partial charge in [0.05, 0.1) is 12.3 Å². The molecule has 0 unspecified atom stereocenters. The molecule has 1 amide bonds. The maximum Gasteiger partial charge on any atom is 0.411 e. The number of hydrogen-bond donors (Lipinski definition) is 1. The Bertz CT molecular complexity index is 523. The first-order valence-electron chi connectivity index (χ1n) is 7.03. The maximum atomic E-state index is 11.2. The van der Waals surface area contributed by atoms with Gasteiger partial charge in [0.25, 0.3) is 0 Å². The lowest BCUT2D eigenvalue weighted by atomic mass is 9.93. The molecule has 2 aliphatic rings. The topological polar surface area (TPSA) is 59.0 Å². The molecule has 1 saturated carbocycles. The molecule has 3 rings (SSSR count). The zero-order valence-electron chi connectivity index (χ0n) is 11.6. The number of hydrogen-bond acceptors (Lipinski definition) is 3. The van der Waals surface area contributed by atoms with E-state index in [1.807, 2.05) is 12.1 Å². The molecule has 1 aliphatic carbocycles. The van der Waals surface area contributed by atoms with Gasteiger partial charge in [-0.3, -0.25) is 4.90 Å². The molecule has 1 fully saturated rings. The Balaban J connectivity index is 1.96. The fraction of sp³-hybridized carbons (Fsp3) is 0.533. The number of carboxylic acid groups (broad SMARTS) is 1. The van der Waals surface area contributed by atoms with Gasteiger partial charge < -0.3 is 14.6 Å². The number of amides is 1. The minimum atomic E-state index is -0.994. The van der Waals surface area contributed by atoms with Crippen LogP contribution in [0, 0.1) is 0 Å². The van der Waals surface area contributed by atoms with E-state index < -0.39 is 11.9 Å². The van der Waals surface area contributed by atoms with Crippen LogP contribution >= 0.6 is 0 Å². The van der Waals surface area contributed by atoms with E-state index in [1.54, 1.807) is 6.07 Å². The molecule has 1 aromatic carbocycles. The van der Waals surface area contributed by atoms with Crippen molar-refractivity contribution < 1.29 is 19.4 Å². The van der Waals surface area contributed by atoms with Gasteiger partial charge in [0.15, 0.2) is 5.75 Å². The minimum Gasteiger partial charge on any atom is -0.465 e. The van der Waals surface area contributed by atoms with E-state index in [0.717, 1.165) is 31.2 Å². The average Bonchev–Trinajstić information content (AvgIpc) is 2.46. The van der Waals surface area contributed by atoms with Crippen molar-refractivity contribution in [2.45, 2.75) is 44.5 Å². The van der Waals surface area contributed by atoms with Crippen molar-refractivity contribution in [3.05, 3.63) is 23.8 Å². The lowest BCUT2D eigenvalue weighted by molar-refractivity contribution is -0.221. The van der Waals surface area contributed by atoms with E-state index >= 15 is 0 Å². The first-order chi connectivity index (χ1) is 9.61. The average molecular weight is 277 g/mol. The summed E-state index contributed by atoms with van der Waals surface area (Å²) in [4.78, 5) is 12.4. The SMILES string of the molecule is CN(C(=O)O)c1cccc2c1OC1(CCCCC1)OC2. The monoisotopic (exact) mass is 277 g/mol. The van der Waals surface area contributed by atoms with Gasteiger partial charge in [0.1, 0.15) is 0 Å². The summed E-state index contributed by atoms with van der Waals surface area (Å²) in [7, 11) is 1.53. The molecule has 1 spiro atoms. The van der Waals surface area contributed by atoms with Crippen molar-refractivity contribution in [3.8, 4) is 5.75 Å². The van der Waals surface area contributed by atoms with Crippen molar-refractivity contribution in [2.75, 3.05) is 11.9 Å². The fourth-order valence-electron chi connectivity index (χ4n) is 2.93. The number of fused-ring (bicyclic) bond motifs is 1. The molecule has 1 aliphatic heterocycles. The van der Waals surface area contributed by atoms with Crippen LogP contribution in [0.4, 0.5) is 10.5 Å². The van der Waals surface area contributed by atoms with Crippen LogP contribution in [0.25, 0.3) is 0 Å². The molecule has 1 aromatic rings. The summed E-state index contributed by atoms with van der Waals surface area (Å²) in [5.74, 6) is 0.103. The van der Waals surface area contributed by atoms with Crippen LogP contribution in [0.1, 0.15) is 37.7 Å². The summed E-state index contributed by atoms with van der Waals surface area (Å²) < 4.78 is 12.1. The predicted molar refractivity (Wildman–Crippen MR) is 74.1 cm³/mol. The molecule has 0 aromatic heterocycles. The summed E-state index contributed by atoms with van der Waals surface area (Å²) in [6.45, 7) is 0.483. The molecule has 5 nitrogen and oxygen atoms in total. The van der Waals surface area contributed by atoms with Crippen LogP contribution in [0.2, 0.25) is 0 Å². The highest BCUT2D eigenvalue weighted by molar-refractivity contribution is 5.88. The number of rotatable bonds is 1. The van der Waals surface area contributed by atoms with Crippen molar-refractivity contribution in [3.63, 3.8) is 0 Å². The minimum absolute atomic E-state index is 0.483. The first kappa shape index (κ1) is 13.2. The molecule has 1 heterocycles. The molecule has 5 heteroatoms. The number of nitrogens with zero attached hydrogens (tertiary/aromatic N) is 1. The van der Waals surface area contributed by atoms with Gasteiger partial charge in [-0.05, 0) is 18.9 Å². The second-order valence-electron chi connectivity index (χ2n) is 5.47. The third-order valence-corrected chi connectivity index (χ3v) is 4.12. The zero-order valence-corrected chi connectivity index (χ0v) is 11.6. The molecule has 0 saturated heterocycles. The number of carbonyl (C=O) groups is 1. The van der Waals surface area contributed by atoms with Crippen LogP contribution in [0.15, 0.2) is 18.2 Å². The van der Waals surface area contributed by atoms with Gasteiger partial charge in [-0.25, -0.2) is 4.79 Å². The van der Waals surface area contributed by atoms with E-state index in [4.69, 9.17) is 9.47 Å². The maximum absolute atomic E-state index is 11.2. The van der Waals surface area contributed by atoms with Crippen LogP contribution < -0.4 is 9.64 Å². The van der Waals surface area contributed by atoms with E-state index in [9.17, 15) is 9.90 Å². The lowest BCUT2D eigenvalue weighted by Crippen LogP contribution is -2.44. The van der Waals surface area contributed by atoms with E-state index in [2.05, 4.69) is 0 Å². The molecule has 108 valence electrons. The second kappa shape index (κ2) is 4.98.